The molecule has 0 aromatic carbocycles. The van der Waals surface area contributed by atoms with Crippen LogP contribution in [0.5, 0.6) is 0 Å². The summed E-state index contributed by atoms with van der Waals surface area (Å²) < 4.78 is 28.0. The lowest BCUT2D eigenvalue weighted by Gasteiger charge is -2.38. The van der Waals surface area contributed by atoms with Gasteiger partial charge in [0.05, 0.1) is 5.75 Å². The summed E-state index contributed by atoms with van der Waals surface area (Å²) >= 11 is 0. The van der Waals surface area contributed by atoms with Crippen molar-refractivity contribution < 1.29 is 13.2 Å². The number of nitrogens with one attached hydrogen (secondary N) is 1. The Kier molecular flexibility index (Phi) is 5.41. The molecular weight excluding hydrogens is 238 g/mol. The Bertz CT molecular complexity index is 319. The molecular formula is C12H25NO3S. The summed E-state index contributed by atoms with van der Waals surface area (Å²) in [5, 5.41) is 3.44. The molecule has 0 aromatic heterocycles. The molecule has 1 N–H and O–H groups in total. The molecule has 5 heteroatoms. The third-order valence-corrected chi connectivity index (χ3v) is 4.39. The van der Waals surface area contributed by atoms with Crippen molar-refractivity contribution in [3.05, 3.63) is 0 Å². The Morgan fingerprint density at radius 1 is 1.29 bits per heavy atom. The standard InChI is InChI=1S/C12H25NO3S/c1-11(2)13-10-12(4-7-16-8-5-12)6-9-17(3,14)15/h11,13H,4-10H2,1-3H3. The van der Waals surface area contributed by atoms with E-state index in [-0.39, 0.29) is 11.2 Å². The average Bonchev–Trinajstić information content (AvgIpc) is 2.25. The lowest BCUT2D eigenvalue weighted by Crippen LogP contribution is -2.42. The molecule has 0 spiro atoms. The van der Waals surface area contributed by atoms with Gasteiger partial charge in [0.1, 0.15) is 9.84 Å². The van der Waals surface area contributed by atoms with Crippen LogP contribution in [0.3, 0.4) is 0 Å². The van der Waals surface area contributed by atoms with Crippen LogP contribution in [0.1, 0.15) is 33.1 Å². The van der Waals surface area contributed by atoms with E-state index in [1.54, 1.807) is 0 Å². The molecule has 0 unspecified atom stereocenters. The van der Waals surface area contributed by atoms with Gasteiger partial charge < -0.3 is 10.1 Å². The van der Waals surface area contributed by atoms with Crippen LogP contribution in [0.4, 0.5) is 0 Å². The van der Waals surface area contributed by atoms with Crippen molar-refractivity contribution in [2.45, 2.75) is 39.2 Å². The number of ether oxygens (including phenoxy) is 1. The minimum absolute atomic E-state index is 0.103. The van der Waals surface area contributed by atoms with E-state index in [1.807, 2.05) is 0 Å². The van der Waals surface area contributed by atoms with Gasteiger partial charge in [0.15, 0.2) is 0 Å². The van der Waals surface area contributed by atoms with Gasteiger partial charge >= 0.3 is 0 Å². The molecule has 0 saturated carbocycles. The second kappa shape index (κ2) is 6.16. The SMILES string of the molecule is CC(C)NCC1(CCS(C)(=O)=O)CCOCC1. The molecule has 0 aliphatic carbocycles. The van der Waals surface area contributed by atoms with Gasteiger partial charge in [0.25, 0.3) is 0 Å². The predicted molar refractivity (Wildman–Crippen MR) is 70.0 cm³/mol. The zero-order chi connectivity index (χ0) is 12.9. The van der Waals surface area contributed by atoms with Crippen LogP contribution in [-0.2, 0) is 14.6 Å². The van der Waals surface area contributed by atoms with Crippen LogP contribution in [0.2, 0.25) is 0 Å². The fraction of sp³-hybridized carbons (Fsp3) is 1.00. The van der Waals surface area contributed by atoms with Crippen molar-refractivity contribution in [1.29, 1.82) is 0 Å². The molecule has 4 nitrogen and oxygen atoms in total. The maximum absolute atomic E-state index is 11.3. The number of hydrogen-bond acceptors (Lipinski definition) is 4. The Morgan fingerprint density at radius 2 is 1.88 bits per heavy atom. The van der Waals surface area contributed by atoms with Crippen molar-refractivity contribution in [2.24, 2.45) is 5.41 Å². The van der Waals surface area contributed by atoms with Gasteiger partial charge in [0, 0.05) is 32.1 Å². The van der Waals surface area contributed by atoms with Crippen LogP contribution in [0.15, 0.2) is 0 Å². The van der Waals surface area contributed by atoms with E-state index in [2.05, 4.69) is 19.2 Å². The molecule has 17 heavy (non-hydrogen) atoms. The highest BCUT2D eigenvalue weighted by atomic mass is 32.2. The first-order chi connectivity index (χ1) is 7.83. The first-order valence-electron chi connectivity index (χ1n) is 6.32. The summed E-state index contributed by atoms with van der Waals surface area (Å²) in [6, 6.07) is 0.438. The monoisotopic (exact) mass is 263 g/mol. The lowest BCUT2D eigenvalue weighted by molar-refractivity contribution is 0.0124. The second-order valence-electron chi connectivity index (χ2n) is 5.53. The summed E-state index contributed by atoms with van der Waals surface area (Å²) in [6.45, 7) is 6.63. The molecule has 0 aromatic rings. The number of hydrogen-bond donors (Lipinski definition) is 1. The van der Waals surface area contributed by atoms with Crippen LogP contribution in [0, 0.1) is 5.41 Å². The normalized spacial score (nSPS) is 20.7. The van der Waals surface area contributed by atoms with Crippen LogP contribution in [-0.4, -0.2) is 46.2 Å². The largest absolute Gasteiger partial charge is 0.381 e. The van der Waals surface area contributed by atoms with Crippen LogP contribution >= 0.6 is 0 Å². The highest BCUT2D eigenvalue weighted by Crippen LogP contribution is 2.34. The van der Waals surface area contributed by atoms with Crippen molar-refractivity contribution >= 4 is 9.84 Å². The Morgan fingerprint density at radius 3 is 2.35 bits per heavy atom. The minimum atomic E-state index is -2.87. The maximum atomic E-state index is 11.3. The van der Waals surface area contributed by atoms with Gasteiger partial charge in [-0.1, -0.05) is 13.8 Å². The van der Waals surface area contributed by atoms with E-state index < -0.39 is 9.84 Å². The molecule has 0 radical (unpaired) electrons. The molecule has 1 heterocycles. The molecule has 1 rings (SSSR count). The summed E-state index contributed by atoms with van der Waals surface area (Å²) in [4.78, 5) is 0. The number of sulfone groups is 1. The Labute approximate surface area is 105 Å². The molecule has 0 atom stereocenters. The quantitative estimate of drug-likeness (QED) is 0.783. The molecule has 0 amide bonds. The molecule has 102 valence electrons. The first-order valence-corrected chi connectivity index (χ1v) is 8.38. The van der Waals surface area contributed by atoms with Crippen molar-refractivity contribution in [3.63, 3.8) is 0 Å². The van der Waals surface area contributed by atoms with Crippen molar-refractivity contribution in [1.82, 2.24) is 5.32 Å². The van der Waals surface area contributed by atoms with E-state index >= 15 is 0 Å². The van der Waals surface area contributed by atoms with E-state index in [4.69, 9.17) is 4.74 Å². The third kappa shape index (κ3) is 5.84. The molecule has 1 saturated heterocycles. The first kappa shape index (κ1) is 14.9. The van der Waals surface area contributed by atoms with Crippen molar-refractivity contribution in [3.8, 4) is 0 Å². The predicted octanol–water partition coefficient (Wildman–Crippen LogP) is 1.22. The van der Waals surface area contributed by atoms with Crippen LogP contribution in [0.25, 0.3) is 0 Å². The molecule has 1 aliphatic heterocycles. The summed E-state index contributed by atoms with van der Waals surface area (Å²) in [5.74, 6) is 0.284. The summed E-state index contributed by atoms with van der Waals surface area (Å²) in [7, 11) is -2.87. The molecule has 0 bridgehead atoms. The smallest absolute Gasteiger partial charge is 0.147 e. The number of rotatable bonds is 6. The average molecular weight is 263 g/mol. The van der Waals surface area contributed by atoms with Gasteiger partial charge in [-0.2, -0.15) is 0 Å². The van der Waals surface area contributed by atoms with E-state index in [0.29, 0.717) is 6.04 Å². The lowest BCUT2D eigenvalue weighted by atomic mass is 9.77. The highest BCUT2D eigenvalue weighted by Gasteiger charge is 2.33. The van der Waals surface area contributed by atoms with Gasteiger partial charge in [-0.3, -0.25) is 0 Å². The van der Waals surface area contributed by atoms with Gasteiger partial charge in [-0.25, -0.2) is 8.42 Å². The van der Waals surface area contributed by atoms with Gasteiger partial charge in [0.2, 0.25) is 0 Å². The zero-order valence-corrected chi connectivity index (χ0v) is 12.0. The minimum Gasteiger partial charge on any atom is -0.381 e. The van der Waals surface area contributed by atoms with E-state index in [9.17, 15) is 8.42 Å². The molecule has 1 aliphatic rings. The molecule has 1 fully saturated rings. The summed E-state index contributed by atoms with van der Waals surface area (Å²) in [6.07, 6.45) is 3.98. The van der Waals surface area contributed by atoms with E-state index in [0.717, 1.165) is 39.0 Å². The Balaban J connectivity index is 2.58. The summed E-state index contributed by atoms with van der Waals surface area (Å²) in [5.41, 5.74) is 0.103. The highest BCUT2D eigenvalue weighted by molar-refractivity contribution is 7.90. The fourth-order valence-electron chi connectivity index (χ4n) is 2.14. The fourth-order valence-corrected chi connectivity index (χ4v) is 2.95. The van der Waals surface area contributed by atoms with E-state index in [1.165, 1.54) is 6.26 Å². The van der Waals surface area contributed by atoms with Gasteiger partial charge in [-0.05, 0) is 24.7 Å². The zero-order valence-electron chi connectivity index (χ0n) is 11.2. The van der Waals surface area contributed by atoms with Crippen LogP contribution < -0.4 is 5.32 Å². The topological polar surface area (TPSA) is 55.4 Å². The van der Waals surface area contributed by atoms with Crippen molar-refractivity contribution in [2.75, 3.05) is 31.8 Å². The maximum Gasteiger partial charge on any atom is 0.147 e. The third-order valence-electron chi connectivity index (χ3n) is 3.44. The van der Waals surface area contributed by atoms with Gasteiger partial charge in [-0.15, -0.1) is 0 Å². The Hall–Kier alpha value is -0.130. The second-order valence-corrected chi connectivity index (χ2v) is 7.79.